The molecule has 0 spiro atoms. The molecule has 0 aliphatic heterocycles. The van der Waals surface area contributed by atoms with Crippen LogP contribution in [0.2, 0.25) is 0 Å². The molecule has 0 aromatic heterocycles. The maximum absolute atomic E-state index is 10.6. The second-order valence-corrected chi connectivity index (χ2v) is 6.93. The largest absolute Gasteiger partial charge is 0.481 e. The van der Waals surface area contributed by atoms with Crippen molar-refractivity contribution in [1.29, 1.82) is 0 Å². The Morgan fingerprint density at radius 2 is 1.37 bits per heavy atom. The first-order chi connectivity index (χ1) is 8.92. The fourth-order valence-electron chi connectivity index (χ4n) is 1.78. The lowest BCUT2D eigenvalue weighted by Gasteiger charge is -2.03. The van der Waals surface area contributed by atoms with Gasteiger partial charge in [-0.3, -0.25) is 13.5 Å². The molecule has 0 bridgehead atoms. The molecule has 2 N–H and O–H groups in total. The normalized spacial score (nSPS) is 14.2. The zero-order valence-corrected chi connectivity index (χ0v) is 12.8. The molecule has 7 heteroatoms. The van der Waals surface area contributed by atoms with E-state index >= 15 is 0 Å². The van der Waals surface area contributed by atoms with Gasteiger partial charge in [-0.25, -0.2) is 0 Å². The molecule has 0 saturated heterocycles. The van der Waals surface area contributed by atoms with Crippen LogP contribution in [0, 0.1) is 0 Å². The molecule has 0 heterocycles. The van der Waals surface area contributed by atoms with Gasteiger partial charge in [-0.05, 0) is 12.8 Å². The van der Waals surface area contributed by atoms with Gasteiger partial charge in [-0.1, -0.05) is 44.9 Å². The second kappa shape index (κ2) is 11.6. The van der Waals surface area contributed by atoms with E-state index < -0.39 is 15.0 Å². The summed E-state index contributed by atoms with van der Waals surface area (Å²) in [6.07, 6.45) is 9.40. The summed E-state index contributed by atoms with van der Waals surface area (Å²) in [7, 11) is -3.45. The molecule has 114 valence electrons. The number of aliphatic carboxylic acids is 1. The summed E-state index contributed by atoms with van der Waals surface area (Å²) in [6.45, 7) is 0.244. The third kappa shape index (κ3) is 17.8. The Bertz CT molecular complexity index is 327. The maximum atomic E-state index is 10.6. The highest BCUT2D eigenvalue weighted by atomic mass is 32.9. The number of rotatable bonds is 13. The molecule has 0 fully saturated rings. The molecule has 0 rings (SSSR count). The summed E-state index contributed by atoms with van der Waals surface area (Å²) in [5.74, 6) is -0.715. The first-order valence-electron chi connectivity index (χ1n) is 6.75. The van der Waals surface area contributed by atoms with Gasteiger partial charge in [0, 0.05) is 17.6 Å². The van der Waals surface area contributed by atoms with E-state index in [0.717, 1.165) is 57.8 Å². The molecule has 19 heavy (non-hydrogen) atoms. The Morgan fingerprint density at radius 3 is 1.79 bits per heavy atom. The van der Waals surface area contributed by atoms with E-state index in [1.54, 1.807) is 0 Å². The number of hydrogen-bond acceptors (Lipinski definition) is 4. The highest BCUT2D eigenvalue weighted by Gasteiger charge is 1.99. The van der Waals surface area contributed by atoms with Crippen LogP contribution in [0.15, 0.2) is 0 Å². The van der Waals surface area contributed by atoms with Crippen molar-refractivity contribution < 1.29 is 22.8 Å². The first kappa shape index (κ1) is 18.8. The van der Waals surface area contributed by atoms with Crippen LogP contribution < -0.4 is 0 Å². The zero-order valence-electron chi connectivity index (χ0n) is 11.2. The van der Waals surface area contributed by atoms with Crippen LogP contribution >= 0.6 is 0 Å². The van der Waals surface area contributed by atoms with Crippen LogP contribution in [0.5, 0.6) is 0 Å². The van der Waals surface area contributed by atoms with Crippen LogP contribution in [0.4, 0.5) is 0 Å². The molecule has 1 unspecified atom stereocenters. The molecule has 0 radical (unpaired) electrons. The Morgan fingerprint density at radius 1 is 0.947 bits per heavy atom. The summed E-state index contributed by atoms with van der Waals surface area (Å²) in [5.41, 5.74) is 0. The minimum absolute atomic E-state index is 0.244. The minimum atomic E-state index is -3.45. The molecule has 0 aromatic rings. The van der Waals surface area contributed by atoms with Gasteiger partial charge < -0.3 is 5.11 Å². The van der Waals surface area contributed by atoms with Gasteiger partial charge >= 0.3 is 5.97 Å². The molecular formula is C12H24O5S2. The van der Waals surface area contributed by atoms with Crippen molar-refractivity contribution in [2.45, 2.75) is 64.2 Å². The molecule has 0 amide bonds. The monoisotopic (exact) mass is 312 g/mol. The lowest BCUT2D eigenvalue weighted by Crippen LogP contribution is -2.03. The van der Waals surface area contributed by atoms with Crippen molar-refractivity contribution in [2.24, 2.45) is 0 Å². The predicted molar refractivity (Wildman–Crippen MR) is 77.9 cm³/mol. The second-order valence-electron chi connectivity index (χ2n) is 4.58. The van der Waals surface area contributed by atoms with Crippen LogP contribution in [0.25, 0.3) is 0 Å². The quantitative estimate of drug-likeness (QED) is 0.508. The van der Waals surface area contributed by atoms with Gasteiger partial charge in [0.2, 0.25) is 0 Å². The van der Waals surface area contributed by atoms with Crippen LogP contribution in [0.1, 0.15) is 64.2 Å². The van der Waals surface area contributed by atoms with Crippen LogP contribution in [-0.4, -0.2) is 26.4 Å². The van der Waals surface area contributed by atoms with Crippen molar-refractivity contribution in [1.82, 2.24) is 0 Å². The predicted octanol–water partition coefficient (Wildman–Crippen LogP) is 3.12. The van der Waals surface area contributed by atoms with E-state index in [1.165, 1.54) is 0 Å². The standard InChI is InChI=1S/C12H24O5S2/c13-12(14)10-8-6-4-2-1-3-5-7-9-11-17-19(15,16)18/h1-11H2,(H,13,14)(H,15,16,18). The van der Waals surface area contributed by atoms with E-state index in [2.05, 4.69) is 15.4 Å². The Balaban J connectivity index is 3.09. The van der Waals surface area contributed by atoms with Gasteiger partial charge in [-0.15, -0.1) is 0 Å². The van der Waals surface area contributed by atoms with E-state index in [-0.39, 0.29) is 13.0 Å². The topological polar surface area (TPSA) is 83.8 Å². The zero-order chi connectivity index (χ0) is 14.6. The number of hydrogen-bond donors (Lipinski definition) is 2. The highest BCUT2D eigenvalue weighted by molar-refractivity contribution is 8.27. The van der Waals surface area contributed by atoms with Crippen molar-refractivity contribution in [3.05, 3.63) is 0 Å². The van der Waals surface area contributed by atoms with Gasteiger partial charge in [0.05, 0.1) is 6.61 Å². The summed E-state index contributed by atoms with van der Waals surface area (Å²) in [5, 5.41) is 8.46. The van der Waals surface area contributed by atoms with Gasteiger partial charge in [0.15, 0.2) is 0 Å². The fraction of sp³-hybridized carbons (Fsp3) is 0.917. The molecule has 0 saturated carbocycles. The van der Waals surface area contributed by atoms with Crippen LogP contribution in [-0.2, 0) is 29.2 Å². The molecule has 1 atom stereocenters. The smallest absolute Gasteiger partial charge is 0.303 e. The minimum Gasteiger partial charge on any atom is -0.481 e. The van der Waals surface area contributed by atoms with E-state index in [1.807, 2.05) is 0 Å². The fourth-order valence-corrected chi connectivity index (χ4v) is 2.31. The van der Waals surface area contributed by atoms with Gasteiger partial charge in [0.25, 0.3) is 9.05 Å². The third-order valence-corrected chi connectivity index (χ3v) is 3.52. The number of carboxylic acids is 1. The molecule has 5 nitrogen and oxygen atoms in total. The van der Waals surface area contributed by atoms with Crippen molar-refractivity contribution >= 4 is 26.2 Å². The van der Waals surface area contributed by atoms with Gasteiger partial charge in [0.1, 0.15) is 0 Å². The third-order valence-electron chi connectivity index (χ3n) is 2.77. The van der Waals surface area contributed by atoms with Crippen molar-refractivity contribution in [3.63, 3.8) is 0 Å². The Labute approximate surface area is 120 Å². The molecule has 0 aromatic carbocycles. The average molecular weight is 312 g/mol. The van der Waals surface area contributed by atoms with E-state index in [4.69, 9.17) is 9.66 Å². The summed E-state index contributed by atoms with van der Waals surface area (Å²) >= 11 is 4.20. The molecule has 0 aliphatic carbocycles. The first-order valence-corrected chi connectivity index (χ1v) is 9.12. The summed E-state index contributed by atoms with van der Waals surface area (Å²) in [6, 6.07) is 0. The molecular weight excluding hydrogens is 288 g/mol. The SMILES string of the molecule is O=C(O)CCCCCCCCCCCOS(=O)(O)=S. The Hall–Kier alpha value is -0.240. The highest BCUT2D eigenvalue weighted by Crippen LogP contribution is 2.10. The average Bonchev–Trinajstić information content (AvgIpc) is 2.28. The summed E-state index contributed by atoms with van der Waals surface area (Å²) in [4.78, 5) is 10.3. The Kier molecular flexibility index (Phi) is 11.4. The lowest BCUT2D eigenvalue weighted by molar-refractivity contribution is -0.137. The number of carboxylic acid groups (broad SMARTS) is 1. The van der Waals surface area contributed by atoms with Gasteiger partial charge in [-0.2, -0.15) is 4.21 Å². The van der Waals surface area contributed by atoms with E-state index in [0.29, 0.717) is 0 Å². The summed E-state index contributed by atoms with van der Waals surface area (Å²) < 4.78 is 23.9. The molecule has 0 aliphatic rings. The van der Waals surface area contributed by atoms with Crippen molar-refractivity contribution in [2.75, 3.05) is 6.61 Å². The van der Waals surface area contributed by atoms with Crippen molar-refractivity contribution in [3.8, 4) is 0 Å². The number of carbonyl (C=O) groups is 1. The van der Waals surface area contributed by atoms with E-state index in [9.17, 15) is 9.00 Å². The maximum Gasteiger partial charge on any atom is 0.303 e. The lowest BCUT2D eigenvalue weighted by atomic mass is 10.1. The number of unbranched alkanes of at least 4 members (excludes halogenated alkanes) is 8. The van der Waals surface area contributed by atoms with Crippen LogP contribution in [0.3, 0.4) is 0 Å².